The average Bonchev–Trinajstić information content (AvgIpc) is 2.76. The van der Waals surface area contributed by atoms with Gasteiger partial charge in [-0.2, -0.15) is 0 Å². The number of nitrogens with zero attached hydrogens (tertiary/aromatic N) is 1. The first-order chi connectivity index (χ1) is 10.4. The van der Waals surface area contributed by atoms with Crippen molar-refractivity contribution in [3.8, 4) is 0 Å². The Balaban J connectivity index is 2.08. The number of carboxylic acid groups (broad SMARTS) is 1. The molecular formula is C14H17NO7. The number of carbonyl (C=O) groups is 5. The Bertz CT molecular complexity index is 491. The van der Waals surface area contributed by atoms with E-state index in [0.717, 1.165) is 4.90 Å². The molecule has 1 rings (SSSR count). The third-order valence-electron chi connectivity index (χ3n) is 2.93. The molecule has 0 saturated heterocycles. The molecule has 0 aromatic rings. The fourth-order valence-electron chi connectivity index (χ4n) is 1.81. The number of rotatable bonds is 9. The van der Waals surface area contributed by atoms with Crippen LogP contribution in [-0.4, -0.2) is 46.3 Å². The molecule has 120 valence electrons. The number of carbonyl (C=O) groups excluding carboxylic acids is 4. The molecule has 0 fully saturated rings. The van der Waals surface area contributed by atoms with Crippen molar-refractivity contribution >= 4 is 29.7 Å². The quantitative estimate of drug-likeness (QED) is 0.283. The van der Waals surface area contributed by atoms with Gasteiger partial charge in [-0.3, -0.25) is 28.9 Å². The highest BCUT2D eigenvalue weighted by Gasteiger charge is 2.22. The summed E-state index contributed by atoms with van der Waals surface area (Å²) in [5, 5.41) is 8.38. The van der Waals surface area contributed by atoms with Crippen molar-refractivity contribution in [2.45, 2.75) is 38.5 Å². The lowest BCUT2D eigenvalue weighted by atomic mass is 10.2. The van der Waals surface area contributed by atoms with Crippen LogP contribution in [0, 0.1) is 0 Å². The van der Waals surface area contributed by atoms with Crippen molar-refractivity contribution in [1.82, 2.24) is 4.90 Å². The zero-order chi connectivity index (χ0) is 16.5. The van der Waals surface area contributed by atoms with Crippen LogP contribution in [0.5, 0.6) is 0 Å². The molecule has 0 atom stereocenters. The number of hydrogen-bond acceptors (Lipinski definition) is 6. The number of amides is 2. The minimum atomic E-state index is -1.13. The maximum atomic E-state index is 11.3. The molecule has 0 radical (unpaired) electrons. The first-order valence-corrected chi connectivity index (χ1v) is 6.89. The number of hydrogen-bond donors (Lipinski definition) is 1. The standard InChI is InChI=1S/C14H17NO7/c16-10-5-6-11(17)15(10)9-3-1-2-4-13(20)22-14(21)8-7-12(18)19/h5-6H,1-4,7-9H2,(H,18,19). The summed E-state index contributed by atoms with van der Waals surface area (Å²) in [4.78, 5) is 56.3. The summed E-state index contributed by atoms with van der Waals surface area (Å²) in [6.45, 7) is 0.289. The van der Waals surface area contributed by atoms with E-state index in [1.807, 2.05) is 0 Å². The van der Waals surface area contributed by atoms with Gasteiger partial charge in [-0.1, -0.05) is 6.42 Å². The normalized spacial score (nSPS) is 13.5. The molecule has 0 spiro atoms. The summed E-state index contributed by atoms with van der Waals surface area (Å²) in [7, 11) is 0. The van der Waals surface area contributed by atoms with Crippen LogP contribution in [0.25, 0.3) is 0 Å². The van der Waals surface area contributed by atoms with Crippen molar-refractivity contribution in [3.05, 3.63) is 12.2 Å². The van der Waals surface area contributed by atoms with Gasteiger partial charge in [-0.05, 0) is 12.8 Å². The Morgan fingerprint density at radius 3 is 2.09 bits per heavy atom. The summed E-state index contributed by atoms with van der Waals surface area (Å²) < 4.78 is 4.45. The SMILES string of the molecule is O=C(O)CCC(=O)OC(=O)CCCCCN1C(=O)C=CC1=O. The number of unbranched alkanes of at least 4 members (excludes halogenated alkanes) is 2. The molecule has 0 aromatic carbocycles. The van der Waals surface area contributed by atoms with Gasteiger partial charge < -0.3 is 9.84 Å². The Morgan fingerprint density at radius 2 is 1.50 bits per heavy atom. The van der Waals surface area contributed by atoms with E-state index in [1.54, 1.807) is 0 Å². The highest BCUT2D eigenvalue weighted by Crippen LogP contribution is 2.08. The van der Waals surface area contributed by atoms with E-state index in [4.69, 9.17) is 5.11 Å². The zero-order valence-electron chi connectivity index (χ0n) is 11.9. The Morgan fingerprint density at radius 1 is 0.909 bits per heavy atom. The second kappa shape index (κ2) is 8.71. The lowest BCUT2D eigenvalue weighted by Crippen LogP contribution is -2.30. The fraction of sp³-hybridized carbons (Fsp3) is 0.500. The summed E-state index contributed by atoms with van der Waals surface area (Å²) >= 11 is 0. The van der Waals surface area contributed by atoms with Crippen molar-refractivity contribution in [2.24, 2.45) is 0 Å². The highest BCUT2D eigenvalue weighted by atomic mass is 16.6. The maximum Gasteiger partial charge on any atom is 0.314 e. The lowest BCUT2D eigenvalue weighted by Gasteiger charge is -2.12. The third kappa shape index (κ3) is 6.29. The van der Waals surface area contributed by atoms with Crippen molar-refractivity contribution < 1.29 is 33.8 Å². The number of imide groups is 1. The van der Waals surface area contributed by atoms with Crippen LogP contribution in [0.4, 0.5) is 0 Å². The first kappa shape index (κ1) is 17.5. The fourth-order valence-corrected chi connectivity index (χ4v) is 1.81. The van der Waals surface area contributed by atoms with Crippen LogP contribution < -0.4 is 0 Å². The minimum absolute atomic E-state index is 0.0267. The van der Waals surface area contributed by atoms with E-state index in [0.29, 0.717) is 19.3 Å². The van der Waals surface area contributed by atoms with Crippen molar-refractivity contribution in [1.29, 1.82) is 0 Å². The monoisotopic (exact) mass is 311 g/mol. The van der Waals surface area contributed by atoms with Gasteiger partial charge in [0.2, 0.25) is 0 Å². The molecule has 0 aliphatic carbocycles. The molecule has 0 aromatic heterocycles. The number of esters is 2. The van der Waals surface area contributed by atoms with Gasteiger partial charge in [0.1, 0.15) is 0 Å². The van der Waals surface area contributed by atoms with Gasteiger partial charge in [0.25, 0.3) is 11.8 Å². The maximum absolute atomic E-state index is 11.3. The second-order valence-corrected chi connectivity index (χ2v) is 4.71. The molecule has 8 nitrogen and oxygen atoms in total. The molecule has 1 N–H and O–H groups in total. The highest BCUT2D eigenvalue weighted by molar-refractivity contribution is 6.12. The Labute approximate surface area is 126 Å². The van der Waals surface area contributed by atoms with Crippen molar-refractivity contribution in [2.75, 3.05) is 6.54 Å². The molecule has 0 bridgehead atoms. The number of carboxylic acids is 1. The van der Waals surface area contributed by atoms with Gasteiger partial charge in [-0.15, -0.1) is 0 Å². The third-order valence-corrected chi connectivity index (χ3v) is 2.93. The molecule has 2 amide bonds. The lowest BCUT2D eigenvalue weighted by molar-refractivity contribution is -0.161. The largest absolute Gasteiger partial charge is 0.481 e. The summed E-state index contributed by atoms with van der Waals surface area (Å²) in [5.74, 6) is -3.37. The number of ether oxygens (including phenoxy) is 1. The van der Waals surface area contributed by atoms with Crippen LogP contribution in [-0.2, 0) is 28.7 Å². The van der Waals surface area contributed by atoms with Gasteiger partial charge in [0.15, 0.2) is 0 Å². The van der Waals surface area contributed by atoms with Crippen LogP contribution in [0.1, 0.15) is 38.5 Å². The molecule has 1 aliphatic rings. The molecular weight excluding hydrogens is 294 g/mol. The Kier molecular flexibility index (Phi) is 6.94. The van der Waals surface area contributed by atoms with E-state index < -0.39 is 17.9 Å². The molecule has 8 heteroatoms. The average molecular weight is 311 g/mol. The van der Waals surface area contributed by atoms with E-state index in [9.17, 15) is 24.0 Å². The first-order valence-electron chi connectivity index (χ1n) is 6.89. The Hall–Kier alpha value is -2.51. The molecule has 1 heterocycles. The molecule has 1 aliphatic heterocycles. The van der Waals surface area contributed by atoms with Crippen molar-refractivity contribution in [3.63, 3.8) is 0 Å². The van der Waals surface area contributed by atoms with Gasteiger partial charge in [0, 0.05) is 25.1 Å². The van der Waals surface area contributed by atoms with Gasteiger partial charge in [-0.25, -0.2) is 0 Å². The van der Waals surface area contributed by atoms with E-state index in [2.05, 4.69) is 4.74 Å². The van der Waals surface area contributed by atoms with Gasteiger partial charge >= 0.3 is 17.9 Å². The van der Waals surface area contributed by atoms with Crippen LogP contribution in [0.3, 0.4) is 0 Å². The smallest absolute Gasteiger partial charge is 0.314 e. The van der Waals surface area contributed by atoms with E-state index >= 15 is 0 Å². The molecule has 0 saturated carbocycles. The molecule has 22 heavy (non-hydrogen) atoms. The van der Waals surface area contributed by atoms with E-state index in [-0.39, 0.29) is 37.6 Å². The minimum Gasteiger partial charge on any atom is -0.481 e. The molecule has 0 unspecified atom stereocenters. The number of aliphatic carboxylic acids is 1. The second-order valence-electron chi connectivity index (χ2n) is 4.71. The predicted octanol–water partition coefficient (Wildman–Crippen LogP) is 0.406. The zero-order valence-corrected chi connectivity index (χ0v) is 11.9. The van der Waals surface area contributed by atoms with Crippen LogP contribution in [0.15, 0.2) is 12.2 Å². The summed E-state index contributed by atoms with van der Waals surface area (Å²) in [6, 6.07) is 0. The predicted molar refractivity (Wildman–Crippen MR) is 72.3 cm³/mol. The van der Waals surface area contributed by atoms with Crippen LogP contribution >= 0.6 is 0 Å². The van der Waals surface area contributed by atoms with Gasteiger partial charge in [0.05, 0.1) is 12.8 Å². The van der Waals surface area contributed by atoms with Crippen LogP contribution in [0.2, 0.25) is 0 Å². The summed E-state index contributed by atoms with van der Waals surface area (Å²) in [5.41, 5.74) is 0. The summed E-state index contributed by atoms with van der Waals surface area (Å²) in [6.07, 6.45) is 3.33. The van der Waals surface area contributed by atoms with E-state index in [1.165, 1.54) is 12.2 Å². The topological polar surface area (TPSA) is 118 Å².